The van der Waals surface area contributed by atoms with E-state index in [0.29, 0.717) is 6.54 Å². The number of nitrogens with one attached hydrogen (secondary N) is 1. The number of nitrogens with zero attached hydrogens (tertiary/aromatic N) is 3. The van der Waals surface area contributed by atoms with E-state index in [1.807, 2.05) is 13.1 Å². The summed E-state index contributed by atoms with van der Waals surface area (Å²) in [5.41, 5.74) is 5.53. The molecule has 0 saturated carbocycles. The van der Waals surface area contributed by atoms with E-state index in [1.165, 1.54) is 11.3 Å². The highest BCUT2D eigenvalue weighted by atomic mass is 16.2. The number of piperazine rings is 1. The van der Waals surface area contributed by atoms with Crippen molar-refractivity contribution in [3.8, 4) is 0 Å². The van der Waals surface area contributed by atoms with E-state index in [-0.39, 0.29) is 6.03 Å². The number of amides is 2. The number of rotatable bonds is 4. The van der Waals surface area contributed by atoms with Crippen LogP contribution in [0, 0.1) is 13.8 Å². The van der Waals surface area contributed by atoms with Gasteiger partial charge >= 0.3 is 6.03 Å². The molecule has 3 rings (SSSR count). The van der Waals surface area contributed by atoms with E-state index in [9.17, 15) is 4.79 Å². The lowest BCUT2D eigenvalue weighted by Gasteiger charge is -2.34. The lowest BCUT2D eigenvalue weighted by molar-refractivity contribution is 0.220. The van der Waals surface area contributed by atoms with Gasteiger partial charge in [0.15, 0.2) is 0 Å². The minimum absolute atomic E-state index is 0.0916. The molecule has 0 unspecified atom stereocenters. The molecule has 2 aromatic carbocycles. The highest BCUT2D eigenvalue weighted by Gasteiger charge is 2.16. The van der Waals surface area contributed by atoms with Gasteiger partial charge < -0.3 is 20.0 Å². The Hall–Kier alpha value is -2.53. The standard InChI is InChI=1S/C22H30N4O/c1-17-5-7-19(8-6-17)16-25(4)22(27)23-21-10-9-20(15-18(21)2)26-13-11-24(3)12-14-26/h5-10,15H,11-14,16H2,1-4H3,(H,23,27). The van der Waals surface area contributed by atoms with Gasteiger partial charge in [-0.15, -0.1) is 0 Å². The van der Waals surface area contributed by atoms with Crippen LogP contribution in [0.1, 0.15) is 16.7 Å². The molecule has 0 aliphatic carbocycles. The Balaban J connectivity index is 1.61. The van der Waals surface area contributed by atoms with Gasteiger partial charge in [-0.3, -0.25) is 0 Å². The number of benzene rings is 2. The average molecular weight is 367 g/mol. The normalized spacial score (nSPS) is 14.9. The van der Waals surface area contributed by atoms with E-state index in [4.69, 9.17) is 0 Å². The first-order valence-electron chi connectivity index (χ1n) is 9.54. The van der Waals surface area contributed by atoms with Crippen LogP contribution in [0.15, 0.2) is 42.5 Å². The maximum Gasteiger partial charge on any atom is 0.321 e. The Bertz CT molecular complexity index is 779. The Kier molecular flexibility index (Phi) is 6.01. The summed E-state index contributed by atoms with van der Waals surface area (Å²) in [5, 5.41) is 3.04. The van der Waals surface area contributed by atoms with Crippen molar-refractivity contribution in [1.82, 2.24) is 9.80 Å². The second-order valence-electron chi connectivity index (χ2n) is 7.56. The van der Waals surface area contributed by atoms with E-state index in [0.717, 1.165) is 43.0 Å². The maximum absolute atomic E-state index is 12.6. The summed E-state index contributed by atoms with van der Waals surface area (Å²) < 4.78 is 0. The van der Waals surface area contributed by atoms with Crippen LogP contribution in [0.4, 0.5) is 16.2 Å². The molecule has 1 fully saturated rings. The minimum Gasteiger partial charge on any atom is -0.369 e. The Morgan fingerprint density at radius 1 is 1.04 bits per heavy atom. The fourth-order valence-electron chi connectivity index (χ4n) is 3.30. The first kappa shape index (κ1) is 19.2. The molecule has 0 spiro atoms. The Morgan fingerprint density at radius 3 is 2.33 bits per heavy atom. The van der Waals surface area contributed by atoms with E-state index in [2.05, 4.69) is 72.4 Å². The predicted molar refractivity (Wildman–Crippen MR) is 113 cm³/mol. The quantitative estimate of drug-likeness (QED) is 0.896. The Labute approximate surface area is 162 Å². The number of aryl methyl sites for hydroxylation is 2. The zero-order valence-electron chi connectivity index (χ0n) is 16.8. The van der Waals surface area contributed by atoms with Crippen LogP contribution in [0.25, 0.3) is 0 Å². The SMILES string of the molecule is Cc1ccc(CN(C)C(=O)Nc2ccc(N3CCN(C)CC3)cc2C)cc1. The molecule has 1 saturated heterocycles. The van der Waals surface area contributed by atoms with Crippen molar-refractivity contribution in [2.75, 3.05) is 50.5 Å². The van der Waals surface area contributed by atoms with E-state index in [1.54, 1.807) is 4.90 Å². The summed E-state index contributed by atoms with van der Waals surface area (Å²) in [6.07, 6.45) is 0. The van der Waals surface area contributed by atoms with Crippen molar-refractivity contribution in [1.29, 1.82) is 0 Å². The van der Waals surface area contributed by atoms with Gasteiger partial charge in [0.1, 0.15) is 0 Å². The number of urea groups is 1. The molecule has 0 bridgehead atoms. The summed E-state index contributed by atoms with van der Waals surface area (Å²) in [4.78, 5) is 19.0. The van der Waals surface area contributed by atoms with Gasteiger partial charge in [0.05, 0.1) is 0 Å². The van der Waals surface area contributed by atoms with Crippen molar-refractivity contribution in [2.24, 2.45) is 0 Å². The van der Waals surface area contributed by atoms with Gasteiger partial charge in [0, 0.05) is 51.1 Å². The molecule has 0 aromatic heterocycles. The third kappa shape index (κ3) is 5.01. The van der Waals surface area contributed by atoms with Crippen molar-refractivity contribution in [3.05, 3.63) is 59.2 Å². The molecule has 2 amide bonds. The van der Waals surface area contributed by atoms with Crippen molar-refractivity contribution in [3.63, 3.8) is 0 Å². The lowest BCUT2D eigenvalue weighted by Crippen LogP contribution is -2.44. The van der Waals surface area contributed by atoms with Gasteiger partial charge in [-0.1, -0.05) is 29.8 Å². The number of carbonyl (C=O) groups excluding carboxylic acids is 1. The smallest absolute Gasteiger partial charge is 0.321 e. The van der Waals surface area contributed by atoms with Crippen LogP contribution in [0.2, 0.25) is 0 Å². The zero-order valence-corrected chi connectivity index (χ0v) is 16.8. The second-order valence-corrected chi connectivity index (χ2v) is 7.56. The highest BCUT2D eigenvalue weighted by Crippen LogP contribution is 2.24. The predicted octanol–water partition coefficient (Wildman–Crippen LogP) is 3.72. The average Bonchev–Trinajstić information content (AvgIpc) is 2.65. The van der Waals surface area contributed by atoms with Gasteiger partial charge in [-0.2, -0.15) is 0 Å². The third-order valence-electron chi connectivity index (χ3n) is 5.21. The second kappa shape index (κ2) is 8.44. The van der Waals surface area contributed by atoms with Gasteiger partial charge in [0.2, 0.25) is 0 Å². The minimum atomic E-state index is -0.0916. The molecular weight excluding hydrogens is 336 g/mol. The summed E-state index contributed by atoms with van der Waals surface area (Å²) in [6.45, 7) is 8.96. The molecular formula is C22H30N4O. The van der Waals surface area contributed by atoms with Crippen molar-refractivity contribution >= 4 is 17.4 Å². The van der Waals surface area contributed by atoms with Gasteiger partial charge in [-0.25, -0.2) is 4.79 Å². The first-order valence-corrected chi connectivity index (χ1v) is 9.54. The molecule has 5 heteroatoms. The first-order chi connectivity index (χ1) is 12.9. The molecule has 144 valence electrons. The Morgan fingerprint density at radius 2 is 1.70 bits per heavy atom. The molecule has 0 radical (unpaired) electrons. The number of hydrogen-bond donors (Lipinski definition) is 1. The lowest BCUT2D eigenvalue weighted by atomic mass is 10.1. The van der Waals surface area contributed by atoms with E-state index < -0.39 is 0 Å². The van der Waals surface area contributed by atoms with Crippen LogP contribution in [-0.2, 0) is 6.54 Å². The topological polar surface area (TPSA) is 38.8 Å². The number of likely N-dealkylation sites (N-methyl/N-ethyl adjacent to an activating group) is 1. The van der Waals surface area contributed by atoms with E-state index >= 15 is 0 Å². The molecule has 5 nitrogen and oxygen atoms in total. The number of anilines is 2. The third-order valence-corrected chi connectivity index (χ3v) is 5.21. The van der Waals surface area contributed by atoms with Crippen LogP contribution >= 0.6 is 0 Å². The molecule has 0 atom stereocenters. The largest absolute Gasteiger partial charge is 0.369 e. The molecule has 2 aromatic rings. The van der Waals surface area contributed by atoms with Crippen molar-refractivity contribution < 1.29 is 4.79 Å². The van der Waals surface area contributed by atoms with Crippen LogP contribution in [-0.4, -0.2) is 56.1 Å². The highest BCUT2D eigenvalue weighted by molar-refractivity contribution is 5.90. The molecule has 1 aliphatic rings. The van der Waals surface area contributed by atoms with Gasteiger partial charge in [0.25, 0.3) is 0 Å². The summed E-state index contributed by atoms with van der Waals surface area (Å²) >= 11 is 0. The fourth-order valence-corrected chi connectivity index (χ4v) is 3.30. The fraction of sp³-hybridized carbons (Fsp3) is 0.409. The summed E-state index contributed by atoms with van der Waals surface area (Å²) in [5.74, 6) is 0. The van der Waals surface area contributed by atoms with Crippen LogP contribution in [0.5, 0.6) is 0 Å². The van der Waals surface area contributed by atoms with Crippen LogP contribution < -0.4 is 10.2 Å². The van der Waals surface area contributed by atoms with Gasteiger partial charge in [-0.05, 0) is 50.2 Å². The monoisotopic (exact) mass is 366 g/mol. The molecule has 1 N–H and O–H groups in total. The summed E-state index contributed by atoms with van der Waals surface area (Å²) in [6, 6.07) is 14.5. The zero-order chi connectivity index (χ0) is 19.4. The number of carbonyl (C=O) groups is 1. The number of hydrogen-bond acceptors (Lipinski definition) is 3. The summed E-state index contributed by atoms with van der Waals surface area (Å²) in [7, 11) is 3.98. The maximum atomic E-state index is 12.6. The molecule has 27 heavy (non-hydrogen) atoms. The van der Waals surface area contributed by atoms with Crippen LogP contribution in [0.3, 0.4) is 0 Å². The van der Waals surface area contributed by atoms with Crippen molar-refractivity contribution in [2.45, 2.75) is 20.4 Å². The molecule has 1 aliphatic heterocycles. The molecule has 1 heterocycles.